The summed E-state index contributed by atoms with van der Waals surface area (Å²) in [4.78, 5) is 8.48. The largest absolute Gasteiger partial charge is 0.384 e. The third-order valence-corrected chi connectivity index (χ3v) is 3.56. The molecule has 2 N–H and O–H groups in total. The summed E-state index contributed by atoms with van der Waals surface area (Å²) in [5, 5.41) is 8.64. The number of nitrogens with two attached hydrogens (primary N) is 1. The Hall–Kier alpha value is -3.48. The number of nitrogens with zero attached hydrogens (tertiary/aromatic N) is 5. The summed E-state index contributed by atoms with van der Waals surface area (Å²) in [6, 6.07) is 15.4. The van der Waals surface area contributed by atoms with Gasteiger partial charge in [-0.15, -0.1) is 0 Å². The molecule has 7 heteroatoms. The van der Waals surface area contributed by atoms with Gasteiger partial charge < -0.3 is 10.3 Å². The van der Waals surface area contributed by atoms with E-state index in [1.807, 2.05) is 41.1 Å². The van der Waals surface area contributed by atoms with Crippen molar-refractivity contribution in [2.24, 2.45) is 0 Å². The van der Waals surface area contributed by atoms with Crippen molar-refractivity contribution in [1.82, 2.24) is 24.9 Å². The zero-order valence-corrected chi connectivity index (χ0v) is 12.7. The summed E-state index contributed by atoms with van der Waals surface area (Å²) < 4.78 is 6.82. The van der Waals surface area contributed by atoms with Crippen LogP contribution in [0, 0.1) is 0 Å². The molecule has 0 spiro atoms. The van der Waals surface area contributed by atoms with E-state index < -0.39 is 0 Å². The Balaban J connectivity index is 1.79. The van der Waals surface area contributed by atoms with E-state index in [1.54, 1.807) is 18.3 Å². The first kappa shape index (κ1) is 14.1. The van der Waals surface area contributed by atoms with E-state index in [9.17, 15) is 0 Å². The normalized spacial score (nSPS) is 10.8. The van der Waals surface area contributed by atoms with Gasteiger partial charge in [0.25, 0.3) is 0 Å². The van der Waals surface area contributed by atoms with Crippen molar-refractivity contribution >= 4 is 5.82 Å². The zero-order chi connectivity index (χ0) is 16.4. The minimum atomic E-state index is 0.403. The fraction of sp³-hybridized carbons (Fsp3) is 0.0588. The molecule has 0 bridgehead atoms. The van der Waals surface area contributed by atoms with Crippen molar-refractivity contribution < 1.29 is 4.52 Å². The van der Waals surface area contributed by atoms with Gasteiger partial charge in [0.2, 0.25) is 0 Å². The fourth-order valence-electron chi connectivity index (χ4n) is 2.45. The number of aromatic nitrogens is 5. The lowest BCUT2D eigenvalue weighted by Gasteiger charge is -2.05. The SMILES string of the molecule is Nc1ccnc(-c2cc(-c3ccon3)n(Cc3ccccc3)n2)n1. The van der Waals surface area contributed by atoms with Gasteiger partial charge in [-0.1, -0.05) is 35.5 Å². The van der Waals surface area contributed by atoms with Gasteiger partial charge in [-0.3, -0.25) is 4.68 Å². The van der Waals surface area contributed by atoms with Crippen molar-refractivity contribution in [3.63, 3.8) is 0 Å². The van der Waals surface area contributed by atoms with Crippen molar-refractivity contribution in [3.8, 4) is 22.9 Å². The van der Waals surface area contributed by atoms with E-state index in [-0.39, 0.29) is 0 Å². The van der Waals surface area contributed by atoms with Gasteiger partial charge >= 0.3 is 0 Å². The quantitative estimate of drug-likeness (QED) is 0.621. The highest BCUT2D eigenvalue weighted by Gasteiger charge is 2.15. The number of hydrogen-bond donors (Lipinski definition) is 1. The standard InChI is InChI=1S/C17H14N6O/c18-16-6-8-19-17(20-16)14-10-15(13-7-9-24-22-13)23(21-14)11-12-4-2-1-3-5-12/h1-10H,11H2,(H2,18,19,20). The molecule has 3 aromatic heterocycles. The molecule has 0 saturated carbocycles. The third-order valence-electron chi connectivity index (χ3n) is 3.56. The summed E-state index contributed by atoms with van der Waals surface area (Å²) in [6.45, 7) is 0.603. The lowest BCUT2D eigenvalue weighted by molar-refractivity contribution is 0.421. The number of hydrogen-bond acceptors (Lipinski definition) is 6. The van der Waals surface area contributed by atoms with Gasteiger partial charge in [0.05, 0.1) is 12.2 Å². The van der Waals surface area contributed by atoms with E-state index in [4.69, 9.17) is 10.3 Å². The van der Waals surface area contributed by atoms with E-state index in [1.165, 1.54) is 6.26 Å². The van der Waals surface area contributed by atoms with Crippen LogP contribution in [0.4, 0.5) is 5.82 Å². The van der Waals surface area contributed by atoms with Gasteiger partial charge in [-0.05, 0) is 17.7 Å². The molecule has 7 nitrogen and oxygen atoms in total. The van der Waals surface area contributed by atoms with Crippen molar-refractivity contribution in [3.05, 3.63) is 66.6 Å². The number of rotatable bonds is 4. The maximum Gasteiger partial charge on any atom is 0.182 e. The van der Waals surface area contributed by atoms with E-state index in [2.05, 4.69) is 20.2 Å². The summed E-state index contributed by atoms with van der Waals surface area (Å²) in [6.07, 6.45) is 3.15. The number of anilines is 1. The second-order valence-electron chi connectivity index (χ2n) is 5.25. The highest BCUT2D eigenvalue weighted by atomic mass is 16.5. The summed E-state index contributed by atoms with van der Waals surface area (Å²) >= 11 is 0. The highest BCUT2D eigenvalue weighted by molar-refractivity contribution is 5.63. The lowest BCUT2D eigenvalue weighted by Crippen LogP contribution is -2.04. The summed E-state index contributed by atoms with van der Waals surface area (Å²) in [5.74, 6) is 0.882. The molecule has 0 unspecified atom stereocenters. The Labute approximate surface area is 137 Å². The first-order valence-electron chi connectivity index (χ1n) is 7.41. The van der Waals surface area contributed by atoms with Crippen molar-refractivity contribution in [2.75, 3.05) is 5.73 Å². The lowest BCUT2D eigenvalue weighted by atomic mass is 10.2. The van der Waals surface area contributed by atoms with Crippen LogP contribution in [-0.2, 0) is 6.54 Å². The minimum absolute atomic E-state index is 0.403. The van der Waals surface area contributed by atoms with Crippen LogP contribution in [0.5, 0.6) is 0 Å². The zero-order valence-electron chi connectivity index (χ0n) is 12.7. The monoisotopic (exact) mass is 318 g/mol. The molecule has 0 aliphatic heterocycles. The van der Waals surface area contributed by atoms with Crippen LogP contribution in [0.2, 0.25) is 0 Å². The number of nitrogen functional groups attached to an aromatic ring is 1. The predicted octanol–water partition coefficient (Wildman–Crippen LogP) is 2.63. The molecule has 118 valence electrons. The highest BCUT2D eigenvalue weighted by Crippen LogP contribution is 2.24. The first-order valence-corrected chi connectivity index (χ1v) is 7.41. The van der Waals surface area contributed by atoms with Crippen LogP contribution in [0.25, 0.3) is 22.9 Å². The average Bonchev–Trinajstić information content (AvgIpc) is 3.25. The smallest absolute Gasteiger partial charge is 0.182 e. The van der Waals surface area contributed by atoms with Gasteiger partial charge in [0.1, 0.15) is 23.5 Å². The summed E-state index contributed by atoms with van der Waals surface area (Å²) in [5.41, 5.74) is 9.04. The van der Waals surface area contributed by atoms with Gasteiger partial charge in [0.15, 0.2) is 5.82 Å². The molecule has 24 heavy (non-hydrogen) atoms. The van der Waals surface area contributed by atoms with Crippen LogP contribution in [0.3, 0.4) is 0 Å². The molecule has 0 amide bonds. The molecule has 0 aliphatic carbocycles. The van der Waals surface area contributed by atoms with Crippen LogP contribution in [-0.4, -0.2) is 24.9 Å². The molecular formula is C17H14N6O. The molecule has 0 saturated heterocycles. The maximum atomic E-state index is 5.75. The van der Waals surface area contributed by atoms with E-state index in [0.717, 1.165) is 11.3 Å². The predicted molar refractivity (Wildman–Crippen MR) is 88.7 cm³/mol. The van der Waals surface area contributed by atoms with Gasteiger partial charge in [0, 0.05) is 12.3 Å². The Bertz CT molecular complexity index is 946. The second kappa shape index (κ2) is 5.96. The van der Waals surface area contributed by atoms with Crippen LogP contribution >= 0.6 is 0 Å². The molecule has 0 atom stereocenters. The maximum absolute atomic E-state index is 5.75. The number of benzene rings is 1. The van der Waals surface area contributed by atoms with Crippen LogP contribution < -0.4 is 5.73 Å². The average molecular weight is 318 g/mol. The topological polar surface area (TPSA) is 95.7 Å². The molecule has 1 aromatic carbocycles. The molecule has 4 rings (SSSR count). The molecule has 0 fully saturated rings. The first-order chi connectivity index (χ1) is 11.8. The minimum Gasteiger partial charge on any atom is -0.384 e. The van der Waals surface area contributed by atoms with E-state index >= 15 is 0 Å². The van der Waals surface area contributed by atoms with Crippen molar-refractivity contribution in [2.45, 2.75) is 6.54 Å². The Morgan fingerprint density at radius 2 is 1.92 bits per heavy atom. The molecule has 0 radical (unpaired) electrons. The molecular weight excluding hydrogens is 304 g/mol. The van der Waals surface area contributed by atoms with Crippen molar-refractivity contribution in [1.29, 1.82) is 0 Å². The Morgan fingerprint density at radius 1 is 1.04 bits per heavy atom. The fourth-order valence-corrected chi connectivity index (χ4v) is 2.45. The second-order valence-corrected chi connectivity index (χ2v) is 5.25. The third kappa shape index (κ3) is 2.74. The molecule has 3 heterocycles. The van der Waals surface area contributed by atoms with E-state index in [0.29, 0.717) is 29.6 Å². The van der Waals surface area contributed by atoms with Crippen LogP contribution in [0.15, 0.2) is 65.5 Å². The van der Waals surface area contributed by atoms with Gasteiger partial charge in [-0.2, -0.15) is 5.10 Å². The Morgan fingerprint density at radius 3 is 2.67 bits per heavy atom. The Kier molecular flexibility index (Phi) is 3.51. The van der Waals surface area contributed by atoms with Gasteiger partial charge in [-0.25, -0.2) is 9.97 Å². The molecule has 4 aromatic rings. The summed E-state index contributed by atoms with van der Waals surface area (Å²) in [7, 11) is 0. The van der Waals surface area contributed by atoms with Crippen LogP contribution in [0.1, 0.15) is 5.56 Å². The molecule has 0 aliphatic rings.